The molecule has 0 aliphatic rings. The first-order chi connectivity index (χ1) is 18.1. The Morgan fingerprint density at radius 1 is 0.865 bits per heavy atom. The number of hydrogen-bond acceptors (Lipinski definition) is 9. The van der Waals surface area contributed by atoms with E-state index in [0.717, 1.165) is 11.3 Å². The van der Waals surface area contributed by atoms with Crippen molar-refractivity contribution in [2.24, 2.45) is 0 Å². The van der Waals surface area contributed by atoms with Gasteiger partial charge >= 0.3 is 0 Å². The lowest BCUT2D eigenvalue weighted by molar-refractivity contribution is 0.390. The molecule has 0 radical (unpaired) electrons. The van der Waals surface area contributed by atoms with Crippen molar-refractivity contribution in [1.82, 2.24) is 19.7 Å². The van der Waals surface area contributed by atoms with Crippen LogP contribution in [-0.4, -0.2) is 41.0 Å². The molecule has 5 aromatic rings. The highest BCUT2D eigenvalue weighted by molar-refractivity contribution is 7.98. The fourth-order valence-corrected chi connectivity index (χ4v) is 4.68. The summed E-state index contributed by atoms with van der Waals surface area (Å²) in [7, 11) is 4.78. The first-order valence-corrected chi connectivity index (χ1v) is 12.4. The minimum absolute atomic E-state index is 0.120. The van der Waals surface area contributed by atoms with Gasteiger partial charge in [-0.05, 0) is 42.0 Å². The van der Waals surface area contributed by atoms with E-state index in [1.807, 2.05) is 42.5 Å². The zero-order valence-corrected chi connectivity index (χ0v) is 21.3. The summed E-state index contributed by atoms with van der Waals surface area (Å²) in [6.07, 6.45) is 0. The maximum atomic E-state index is 13.4. The third-order valence-corrected chi connectivity index (χ3v) is 6.67. The highest BCUT2D eigenvalue weighted by atomic mass is 32.2. The Bertz CT molecular complexity index is 1590. The van der Waals surface area contributed by atoms with Gasteiger partial charge in [-0.15, -0.1) is 0 Å². The van der Waals surface area contributed by atoms with Crippen molar-refractivity contribution in [1.29, 1.82) is 0 Å². The quantitative estimate of drug-likeness (QED) is 0.202. The predicted molar refractivity (Wildman–Crippen MR) is 140 cm³/mol. The number of rotatable bonds is 9. The highest BCUT2D eigenvalue weighted by Crippen LogP contribution is 2.29. The Morgan fingerprint density at radius 2 is 1.62 bits per heavy atom. The monoisotopic (exact) mass is 516 g/mol. The SMILES string of the molecule is COc1cccc(Cn2c(SCc3nc(-c4cc(OC)cc(OC)c4)no3)nc3ccccc3c2=O)c1. The molecule has 10 heteroatoms. The van der Waals surface area contributed by atoms with Gasteiger partial charge in [-0.25, -0.2) is 4.98 Å². The van der Waals surface area contributed by atoms with Crippen molar-refractivity contribution in [3.63, 3.8) is 0 Å². The van der Waals surface area contributed by atoms with Gasteiger partial charge in [0.25, 0.3) is 5.56 Å². The molecule has 0 atom stereocenters. The van der Waals surface area contributed by atoms with Gasteiger partial charge < -0.3 is 18.7 Å². The molecule has 188 valence electrons. The van der Waals surface area contributed by atoms with Crippen molar-refractivity contribution in [2.45, 2.75) is 17.5 Å². The van der Waals surface area contributed by atoms with Gasteiger partial charge in [0, 0.05) is 11.6 Å². The molecule has 0 aliphatic carbocycles. The van der Waals surface area contributed by atoms with Crippen molar-refractivity contribution in [3.8, 4) is 28.6 Å². The van der Waals surface area contributed by atoms with E-state index in [1.54, 1.807) is 50.2 Å². The second-order valence-corrected chi connectivity index (χ2v) is 9.00. The summed E-state index contributed by atoms with van der Waals surface area (Å²) in [5, 5.41) is 5.22. The van der Waals surface area contributed by atoms with Gasteiger partial charge in [0.1, 0.15) is 17.2 Å². The molecule has 3 aromatic carbocycles. The molecule has 2 heterocycles. The van der Waals surface area contributed by atoms with Crippen LogP contribution in [0.5, 0.6) is 17.2 Å². The summed E-state index contributed by atoms with van der Waals surface area (Å²) in [6.45, 7) is 0.342. The van der Waals surface area contributed by atoms with Gasteiger partial charge in [0.05, 0.1) is 44.5 Å². The van der Waals surface area contributed by atoms with Crippen LogP contribution in [0.2, 0.25) is 0 Å². The van der Waals surface area contributed by atoms with Crippen LogP contribution in [0.15, 0.2) is 81.2 Å². The van der Waals surface area contributed by atoms with Gasteiger partial charge in [0.2, 0.25) is 11.7 Å². The van der Waals surface area contributed by atoms with Crippen LogP contribution < -0.4 is 19.8 Å². The molecule has 0 spiro atoms. The number of nitrogens with zero attached hydrogens (tertiary/aromatic N) is 4. The summed E-state index contributed by atoms with van der Waals surface area (Å²) in [5.41, 5.74) is 2.14. The fraction of sp³-hybridized carbons (Fsp3) is 0.185. The van der Waals surface area contributed by atoms with Crippen molar-refractivity contribution < 1.29 is 18.7 Å². The molecule has 37 heavy (non-hydrogen) atoms. The zero-order chi connectivity index (χ0) is 25.8. The van der Waals surface area contributed by atoms with Gasteiger partial charge in [-0.2, -0.15) is 4.98 Å². The second kappa shape index (κ2) is 10.8. The maximum absolute atomic E-state index is 13.4. The zero-order valence-electron chi connectivity index (χ0n) is 20.5. The number of thioether (sulfide) groups is 1. The topological polar surface area (TPSA) is 102 Å². The first-order valence-electron chi connectivity index (χ1n) is 11.4. The standard InChI is InChI=1S/C27H24N4O5S/c1-33-19-8-6-7-17(11-19)15-31-26(32)22-9-4-5-10-23(22)28-27(31)37-16-24-29-25(30-36-24)18-12-20(34-2)14-21(13-18)35-3/h4-14H,15-16H2,1-3H3. The van der Waals surface area contributed by atoms with Gasteiger partial charge in [-0.3, -0.25) is 9.36 Å². The third-order valence-electron chi connectivity index (χ3n) is 5.70. The van der Waals surface area contributed by atoms with E-state index in [0.29, 0.717) is 57.1 Å². The molecule has 0 aliphatic heterocycles. The fourth-order valence-electron chi connectivity index (χ4n) is 3.84. The summed E-state index contributed by atoms with van der Waals surface area (Å²) < 4.78 is 23.2. The molecule has 0 N–H and O–H groups in total. The Hall–Kier alpha value is -4.31. The number of methoxy groups -OCH3 is 3. The van der Waals surface area contributed by atoms with Crippen LogP contribution in [0.4, 0.5) is 0 Å². The number of hydrogen-bond donors (Lipinski definition) is 0. The second-order valence-electron chi connectivity index (χ2n) is 8.06. The number of ether oxygens (including phenoxy) is 3. The number of aromatic nitrogens is 4. The van der Waals surface area contributed by atoms with E-state index in [4.69, 9.17) is 23.7 Å². The van der Waals surface area contributed by atoms with Crippen molar-refractivity contribution >= 4 is 22.7 Å². The number of para-hydroxylation sites is 1. The normalized spacial score (nSPS) is 11.0. The predicted octanol–water partition coefficient (Wildman–Crippen LogP) is 4.81. The lowest BCUT2D eigenvalue weighted by Gasteiger charge is -2.13. The van der Waals surface area contributed by atoms with E-state index in [2.05, 4.69) is 10.1 Å². The van der Waals surface area contributed by atoms with E-state index >= 15 is 0 Å². The maximum Gasteiger partial charge on any atom is 0.262 e. The van der Waals surface area contributed by atoms with Crippen LogP contribution in [0.1, 0.15) is 11.5 Å². The van der Waals surface area contributed by atoms with Crippen LogP contribution in [0, 0.1) is 0 Å². The molecule has 9 nitrogen and oxygen atoms in total. The Morgan fingerprint density at radius 3 is 2.38 bits per heavy atom. The van der Waals surface area contributed by atoms with Gasteiger partial charge in [-0.1, -0.05) is 41.2 Å². The average molecular weight is 517 g/mol. The summed E-state index contributed by atoms with van der Waals surface area (Å²) in [6, 6.07) is 20.3. The summed E-state index contributed by atoms with van der Waals surface area (Å²) in [5.74, 6) is 3.11. The average Bonchev–Trinajstić information content (AvgIpc) is 3.42. The molecule has 0 bridgehead atoms. The summed E-state index contributed by atoms with van der Waals surface area (Å²) >= 11 is 1.36. The highest BCUT2D eigenvalue weighted by Gasteiger charge is 2.16. The molecule has 2 aromatic heterocycles. The Labute approximate surface area is 217 Å². The van der Waals surface area contributed by atoms with Crippen LogP contribution >= 0.6 is 11.8 Å². The first kappa shape index (κ1) is 24.4. The molecular formula is C27H24N4O5S. The van der Waals surface area contributed by atoms with E-state index < -0.39 is 0 Å². The van der Waals surface area contributed by atoms with E-state index in [9.17, 15) is 4.79 Å². The third kappa shape index (κ3) is 5.29. The molecular weight excluding hydrogens is 492 g/mol. The minimum Gasteiger partial charge on any atom is -0.497 e. The van der Waals surface area contributed by atoms with Crippen LogP contribution in [-0.2, 0) is 12.3 Å². The number of benzene rings is 3. The Kier molecular flexibility index (Phi) is 7.09. The van der Waals surface area contributed by atoms with Gasteiger partial charge in [0.15, 0.2) is 5.16 Å². The molecule has 5 rings (SSSR count). The van der Waals surface area contributed by atoms with Crippen molar-refractivity contribution in [3.05, 3.63) is 88.5 Å². The minimum atomic E-state index is -0.120. The smallest absolute Gasteiger partial charge is 0.262 e. The molecule has 0 amide bonds. The molecule has 0 unspecified atom stereocenters. The number of fused-ring (bicyclic) bond motifs is 1. The molecule has 0 saturated carbocycles. The Balaban J connectivity index is 1.45. The van der Waals surface area contributed by atoms with Crippen LogP contribution in [0.3, 0.4) is 0 Å². The lowest BCUT2D eigenvalue weighted by Crippen LogP contribution is -2.24. The van der Waals surface area contributed by atoms with E-state index in [-0.39, 0.29) is 5.56 Å². The molecule has 0 fully saturated rings. The lowest BCUT2D eigenvalue weighted by atomic mass is 10.2. The largest absolute Gasteiger partial charge is 0.497 e. The van der Waals surface area contributed by atoms with E-state index in [1.165, 1.54) is 11.8 Å². The summed E-state index contributed by atoms with van der Waals surface area (Å²) in [4.78, 5) is 22.7. The van der Waals surface area contributed by atoms with Crippen molar-refractivity contribution in [2.75, 3.05) is 21.3 Å². The van der Waals surface area contributed by atoms with Crippen LogP contribution in [0.25, 0.3) is 22.3 Å². The molecule has 0 saturated heterocycles.